The molecule has 0 aliphatic heterocycles. The lowest BCUT2D eigenvalue weighted by molar-refractivity contribution is -0.173. The number of hydrogen-bond acceptors (Lipinski definition) is 5. The van der Waals surface area contributed by atoms with Crippen LogP contribution in [0.5, 0.6) is 0 Å². The van der Waals surface area contributed by atoms with E-state index >= 15 is 0 Å². The number of hydrogen-bond donors (Lipinski definition) is 0. The summed E-state index contributed by atoms with van der Waals surface area (Å²) in [6.07, 6.45) is 11.4. The lowest BCUT2D eigenvalue weighted by Gasteiger charge is -2.41. The third-order valence-corrected chi connectivity index (χ3v) is 9.81. The molecule has 5 nitrogen and oxygen atoms in total. The molecule has 0 aromatic rings. The highest BCUT2D eigenvalue weighted by Crippen LogP contribution is 2.69. The molecule has 0 aromatic heterocycles. The molecule has 4 bridgehead atoms. The van der Waals surface area contributed by atoms with Crippen molar-refractivity contribution in [2.45, 2.75) is 97.2 Å². The van der Waals surface area contributed by atoms with Gasteiger partial charge in [-0.05, 0) is 94.3 Å². The second-order valence-electron chi connectivity index (χ2n) is 11.7. The summed E-state index contributed by atoms with van der Waals surface area (Å²) < 4.78 is 17.5. The van der Waals surface area contributed by atoms with E-state index in [2.05, 4.69) is 0 Å². The number of esters is 2. The van der Waals surface area contributed by atoms with Crippen molar-refractivity contribution in [3.63, 3.8) is 0 Å². The van der Waals surface area contributed by atoms with Crippen molar-refractivity contribution in [1.29, 1.82) is 0 Å². The number of fused-ring (bicyclic) bond motifs is 9. The molecule has 5 fully saturated rings. The predicted octanol–water partition coefficient (Wildman–Crippen LogP) is 5.11. The van der Waals surface area contributed by atoms with Gasteiger partial charge >= 0.3 is 11.9 Å². The summed E-state index contributed by atoms with van der Waals surface area (Å²) in [6.45, 7) is 6.11. The molecule has 5 saturated carbocycles. The van der Waals surface area contributed by atoms with Crippen molar-refractivity contribution >= 4 is 11.9 Å². The van der Waals surface area contributed by atoms with Crippen molar-refractivity contribution < 1.29 is 23.8 Å². The molecule has 0 amide bonds. The van der Waals surface area contributed by atoms with Crippen LogP contribution >= 0.6 is 0 Å². The highest BCUT2D eigenvalue weighted by atomic mass is 16.7. The van der Waals surface area contributed by atoms with Crippen LogP contribution in [0, 0.1) is 46.8 Å². The first-order chi connectivity index (χ1) is 14.9. The molecule has 5 aliphatic rings. The van der Waals surface area contributed by atoms with E-state index in [-0.39, 0.29) is 36.9 Å². The molecule has 0 spiro atoms. The molecule has 8 unspecified atom stereocenters. The maximum atomic E-state index is 12.9. The van der Waals surface area contributed by atoms with E-state index in [1.54, 1.807) is 0 Å². The van der Waals surface area contributed by atoms with E-state index in [1.807, 2.05) is 20.8 Å². The van der Waals surface area contributed by atoms with Gasteiger partial charge < -0.3 is 14.2 Å². The average Bonchev–Trinajstić information content (AvgIpc) is 3.53. The molecule has 8 atom stereocenters. The maximum Gasteiger partial charge on any atom is 0.311 e. The van der Waals surface area contributed by atoms with Crippen molar-refractivity contribution in [3.8, 4) is 0 Å². The van der Waals surface area contributed by atoms with Gasteiger partial charge in [-0.15, -0.1) is 0 Å². The molecule has 31 heavy (non-hydrogen) atoms. The van der Waals surface area contributed by atoms with Crippen LogP contribution in [0.1, 0.15) is 85.0 Å². The van der Waals surface area contributed by atoms with Gasteiger partial charge in [-0.2, -0.15) is 0 Å². The third-order valence-electron chi connectivity index (χ3n) is 9.81. The fraction of sp³-hybridized carbons (Fsp3) is 0.923. The zero-order chi connectivity index (χ0) is 21.8. The fourth-order valence-corrected chi connectivity index (χ4v) is 7.92. The Hall–Kier alpha value is -1.10. The summed E-state index contributed by atoms with van der Waals surface area (Å²) in [5.74, 6) is 3.38. The highest BCUT2D eigenvalue weighted by molar-refractivity contribution is 5.76. The van der Waals surface area contributed by atoms with Crippen LogP contribution in [-0.2, 0) is 23.8 Å². The molecule has 0 radical (unpaired) electrons. The minimum Gasteiger partial charge on any atom is -0.462 e. The van der Waals surface area contributed by atoms with Crippen LogP contribution in [0.3, 0.4) is 0 Å². The first kappa shape index (κ1) is 21.7. The standard InChI is InChI=1S/C26H40O5/c1-4-26(2,3)25(28)31-21-13-16-12-20(21)23-18-10-15(22(16)23)11-19(18)24(27)30-14-29-17-8-6-5-7-9-17/h15-23H,4-14H2,1-3H3. The summed E-state index contributed by atoms with van der Waals surface area (Å²) in [5.41, 5.74) is -0.416. The molecule has 0 N–H and O–H groups in total. The van der Waals surface area contributed by atoms with Gasteiger partial charge in [0.2, 0.25) is 0 Å². The lowest BCUT2D eigenvalue weighted by Crippen LogP contribution is -2.43. The van der Waals surface area contributed by atoms with Crippen LogP contribution in [0.2, 0.25) is 0 Å². The van der Waals surface area contributed by atoms with Gasteiger partial charge in [-0.1, -0.05) is 26.2 Å². The second-order valence-corrected chi connectivity index (χ2v) is 11.7. The zero-order valence-electron chi connectivity index (χ0n) is 19.5. The zero-order valence-corrected chi connectivity index (χ0v) is 19.5. The van der Waals surface area contributed by atoms with Gasteiger partial charge in [0.15, 0.2) is 6.79 Å². The Labute approximate surface area is 186 Å². The Morgan fingerprint density at radius 2 is 1.61 bits per heavy atom. The Balaban J connectivity index is 1.17. The van der Waals surface area contributed by atoms with Gasteiger partial charge in [0.25, 0.3) is 0 Å². The Kier molecular flexibility index (Phi) is 5.85. The van der Waals surface area contributed by atoms with Crippen molar-refractivity contribution in [2.24, 2.45) is 46.8 Å². The molecule has 174 valence electrons. The highest BCUT2D eigenvalue weighted by Gasteiger charge is 2.66. The van der Waals surface area contributed by atoms with Crippen LogP contribution in [0.25, 0.3) is 0 Å². The molecular weight excluding hydrogens is 392 g/mol. The first-order valence-electron chi connectivity index (χ1n) is 12.9. The van der Waals surface area contributed by atoms with E-state index in [0.29, 0.717) is 29.6 Å². The first-order valence-corrected chi connectivity index (χ1v) is 12.9. The van der Waals surface area contributed by atoms with Crippen LogP contribution < -0.4 is 0 Å². The predicted molar refractivity (Wildman–Crippen MR) is 116 cm³/mol. The van der Waals surface area contributed by atoms with Gasteiger partial charge in [-0.3, -0.25) is 9.59 Å². The number of carbonyl (C=O) groups excluding carboxylic acids is 2. The van der Waals surface area contributed by atoms with Crippen molar-refractivity contribution in [2.75, 3.05) is 6.79 Å². The number of ether oxygens (including phenoxy) is 3. The Morgan fingerprint density at radius 1 is 0.903 bits per heavy atom. The fourth-order valence-electron chi connectivity index (χ4n) is 7.92. The Bertz CT molecular complexity index is 696. The number of rotatable bonds is 7. The van der Waals surface area contributed by atoms with E-state index in [0.717, 1.165) is 44.4 Å². The van der Waals surface area contributed by atoms with Gasteiger partial charge in [0.1, 0.15) is 6.10 Å². The SMILES string of the molecule is CCC(C)(C)C(=O)OC1CC2CC1C1C3CC(CC3C(=O)OCOC3CCCCC3)C21. The Morgan fingerprint density at radius 3 is 2.35 bits per heavy atom. The molecule has 0 heterocycles. The van der Waals surface area contributed by atoms with Gasteiger partial charge in [-0.25, -0.2) is 0 Å². The van der Waals surface area contributed by atoms with E-state index in [1.165, 1.54) is 25.7 Å². The second kappa shape index (κ2) is 8.35. The summed E-state index contributed by atoms with van der Waals surface area (Å²) in [4.78, 5) is 25.6. The summed E-state index contributed by atoms with van der Waals surface area (Å²) in [6, 6.07) is 0. The largest absolute Gasteiger partial charge is 0.462 e. The smallest absolute Gasteiger partial charge is 0.311 e. The monoisotopic (exact) mass is 432 g/mol. The van der Waals surface area contributed by atoms with E-state index in [4.69, 9.17) is 14.2 Å². The van der Waals surface area contributed by atoms with Crippen molar-refractivity contribution in [3.05, 3.63) is 0 Å². The van der Waals surface area contributed by atoms with Crippen LogP contribution in [-0.4, -0.2) is 30.9 Å². The minimum absolute atomic E-state index is 0.0176. The minimum atomic E-state index is -0.416. The van der Waals surface area contributed by atoms with Crippen LogP contribution in [0.4, 0.5) is 0 Å². The molecular formula is C26H40O5. The maximum absolute atomic E-state index is 12.9. The average molecular weight is 433 g/mol. The van der Waals surface area contributed by atoms with E-state index < -0.39 is 5.41 Å². The summed E-state index contributed by atoms with van der Waals surface area (Å²) in [5, 5.41) is 0. The van der Waals surface area contributed by atoms with E-state index in [9.17, 15) is 9.59 Å². The molecule has 5 aliphatic carbocycles. The van der Waals surface area contributed by atoms with Gasteiger partial charge in [0, 0.05) is 0 Å². The van der Waals surface area contributed by atoms with Gasteiger partial charge in [0.05, 0.1) is 17.4 Å². The normalized spacial score (nSPS) is 41.4. The van der Waals surface area contributed by atoms with Crippen LogP contribution in [0.15, 0.2) is 0 Å². The quantitative estimate of drug-likeness (QED) is 0.318. The third kappa shape index (κ3) is 3.83. The number of carbonyl (C=O) groups is 2. The summed E-state index contributed by atoms with van der Waals surface area (Å²) in [7, 11) is 0. The lowest BCUT2D eigenvalue weighted by atomic mass is 9.66. The van der Waals surface area contributed by atoms with Crippen molar-refractivity contribution in [1.82, 2.24) is 0 Å². The molecule has 5 heteroatoms. The molecule has 5 rings (SSSR count). The molecule has 0 aromatic carbocycles. The molecule has 0 saturated heterocycles. The topological polar surface area (TPSA) is 61.8 Å². The summed E-state index contributed by atoms with van der Waals surface area (Å²) >= 11 is 0.